The summed E-state index contributed by atoms with van der Waals surface area (Å²) in [6, 6.07) is 5.05. The Kier molecular flexibility index (Phi) is 13.8. The number of aliphatic hydroxyl groups excluding tert-OH is 1. The average Bonchev–Trinajstić information content (AvgIpc) is 3.03. The van der Waals surface area contributed by atoms with Gasteiger partial charge < -0.3 is 29.7 Å². The van der Waals surface area contributed by atoms with Crippen LogP contribution in [0.2, 0.25) is 0 Å². The number of amides is 2. The average molecular weight is 614 g/mol. The first-order valence-corrected chi connectivity index (χ1v) is 17.6. The Hall–Kier alpha value is -2.16. The number of hydrogen-bond donors (Lipinski definition) is 2. The highest BCUT2D eigenvalue weighted by Crippen LogP contribution is 2.30. The van der Waals surface area contributed by atoms with Gasteiger partial charge in [0, 0.05) is 43.8 Å². The number of carbonyl (C=O) groups is 2. The molecule has 1 aromatic carbocycles. The van der Waals surface area contributed by atoms with Crippen molar-refractivity contribution in [2.24, 2.45) is 17.8 Å². The van der Waals surface area contributed by atoms with Crippen LogP contribution in [0.1, 0.15) is 115 Å². The molecule has 2 amide bonds. The molecule has 0 bridgehead atoms. The van der Waals surface area contributed by atoms with Gasteiger partial charge in [0.1, 0.15) is 5.75 Å². The molecule has 1 aromatic rings. The van der Waals surface area contributed by atoms with Crippen molar-refractivity contribution in [3.05, 3.63) is 23.8 Å². The highest BCUT2D eigenvalue weighted by molar-refractivity contribution is 6.00. The summed E-state index contributed by atoms with van der Waals surface area (Å²) in [5.74, 6) is 1.19. The fourth-order valence-electron chi connectivity index (χ4n) is 7.26. The number of carbonyl (C=O) groups excluding carboxylic acids is 2. The highest BCUT2D eigenvalue weighted by Gasteiger charge is 2.31. The SMILES string of the molecule is C[C@@H]1CCCCO[C@H](CN(C)CC2CCCCC2)[C@@H](C)CN([C@H](C)CO)C(=O)c2cc(NC(=O)C3CCCCC3)ccc2O1. The minimum atomic E-state index is -0.385. The molecular weight excluding hydrogens is 554 g/mol. The number of fused-ring (bicyclic) bond motifs is 1. The van der Waals surface area contributed by atoms with Crippen LogP contribution in [-0.4, -0.2) is 84.9 Å². The van der Waals surface area contributed by atoms with Crippen molar-refractivity contribution in [3.63, 3.8) is 0 Å². The predicted molar refractivity (Wildman–Crippen MR) is 176 cm³/mol. The lowest BCUT2D eigenvalue weighted by Crippen LogP contribution is -2.47. The summed E-state index contributed by atoms with van der Waals surface area (Å²) in [4.78, 5) is 31.6. The third-order valence-corrected chi connectivity index (χ3v) is 10.1. The first-order chi connectivity index (χ1) is 21.2. The van der Waals surface area contributed by atoms with Gasteiger partial charge >= 0.3 is 0 Å². The van der Waals surface area contributed by atoms with Gasteiger partial charge in [0.2, 0.25) is 5.91 Å². The Morgan fingerprint density at radius 3 is 2.39 bits per heavy atom. The van der Waals surface area contributed by atoms with Gasteiger partial charge in [-0.1, -0.05) is 45.4 Å². The molecule has 44 heavy (non-hydrogen) atoms. The quantitative estimate of drug-likeness (QED) is 0.347. The van der Waals surface area contributed by atoms with Gasteiger partial charge in [0.25, 0.3) is 5.91 Å². The molecule has 0 radical (unpaired) electrons. The van der Waals surface area contributed by atoms with Gasteiger partial charge in [-0.3, -0.25) is 9.59 Å². The lowest BCUT2D eigenvalue weighted by atomic mass is 9.88. The molecule has 8 nitrogen and oxygen atoms in total. The summed E-state index contributed by atoms with van der Waals surface area (Å²) in [7, 11) is 2.20. The van der Waals surface area contributed by atoms with Gasteiger partial charge in [0.15, 0.2) is 0 Å². The maximum Gasteiger partial charge on any atom is 0.258 e. The van der Waals surface area contributed by atoms with Gasteiger partial charge in [-0.05, 0) is 90.0 Å². The van der Waals surface area contributed by atoms with Crippen molar-refractivity contribution in [1.29, 1.82) is 0 Å². The van der Waals surface area contributed by atoms with E-state index in [2.05, 4.69) is 24.2 Å². The number of ether oxygens (including phenoxy) is 2. The first-order valence-electron chi connectivity index (χ1n) is 17.6. The first kappa shape index (κ1) is 34.7. The van der Waals surface area contributed by atoms with Crippen LogP contribution in [-0.2, 0) is 9.53 Å². The van der Waals surface area contributed by atoms with Gasteiger partial charge in [-0.2, -0.15) is 0 Å². The zero-order valence-corrected chi connectivity index (χ0v) is 27.9. The number of likely N-dealkylation sites (N-methyl/N-ethyl adjacent to an activating group) is 1. The van der Waals surface area contributed by atoms with E-state index in [-0.39, 0.29) is 48.5 Å². The normalized spacial score (nSPS) is 26.0. The molecule has 1 heterocycles. The minimum Gasteiger partial charge on any atom is -0.490 e. The van der Waals surface area contributed by atoms with Crippen LogP contribution in [0.3, 0.4) is 0 Å². The van der Waals surface area contributed by atoms with Crippen molar-refractivity contribution in [1.82, 2.24) is 9.80 Å². The van der Waals surface area contributed by atoms with Crippen LogP contribution in [0.5, 0.6) is 5.75 Å². The number of hydrogen-bond acceptors (Lipinski definition) is 6. The van der Waals surface area contributed by atoms with E-state index < -0.39 is 0 Å². The van der Waals surface area contributed by atoms with Gasteiger partial charge in [-0.25, -0.2) is 0 Å². The molecule has 4 atom stereocenters. The van der Waals surface area contributed by atoms with E-state index in [0.717, 1.165) is 64.0 Å². The largest absolute Gasteiger partial charge is 0.490 e. The molecule has 3 aliphatic rings. The Labute approximate surface area is 266 Å². The standard InChI is InChI=1S/C36H59N3O5/c1-26-22-39(27(2)25-40)36(42)32-21-31(37-35(41)30-16-9-6-10-17-30)18-19-33(32)44-28(3)13-11-12-20-43-34(26)24-38(4)23-29-14-7-5-8-15-29/h18-19,21,26-30,34,40H,5-17,20,22-25H2,1-4H3,(H,37,41)/t26-,27+,28+,34+/m0/s1. The Bertz CT molecular complexity index is 1040. The fourth-order valence-corrected chi connectivity index (χ4v) is 7.26. The van der Waals surface area contributed by atoms with E-state index in [4.69, 9.17) is 9.47 Å². The summed E-state index contributed by atoms with van der Waals surface area (Å²) >= 11 is 0. The second-order valence-electron chi connectivity index (χ2n) is 14.1. The number of nitrogens with one attached hydrogen (secondary N) is 1. The van der Waals surface area contributed by atoms with E-state index in [1.54, 1.807) is 11.0 Å². The van der Waals surface area contributed by atoms with Crippen LogP contribution in [0.15, 0.2) is 18.2 Å². The van der Waals surface area contributed by atoms with Gasteiger partial charge in [-0.15, -0.1) is 0 Å². The molecule has 2 N–H and O–H groups in total. The second-order valence-corrected chi connectivity index (χ2v) is 14.1. The van der Waals surface area contributed by atoms with Crippen molar-refractivity contribution in [3.8, 4) is 5.75 Å². The molecule has 1 aliphatic heterocycles. The molecule has 4 rings (SSSR count). The van der Waals surface area contributed by atoms with E-state index in [1.807, 2.05) is 26.0 Å². The third-order valence-electron chi connectivity index (χ3n) is 10.1. The molecule has 2 saturated carbocycles. The van der Waals surface area contributed by atoms with Crippen LogP contribution in [0.25, 0.3) is 0 Å². The van der Waals surface area contributed by atoms with Crippen LogP contribution in [0, 0.1) is 17.8 Å². The summed E-state index contributed by atoms with van der Waals surface area (Å²) in [6.45, 7) is 8.99. The predicted octanol–water partition coefficient (Wildman–Crippen LogP) is 6.51. The molecule has 0 aromatic heterocycles. The Morgan fingerprint density at radius 2 is 1.68 bits per heavy atom. The summed E-state index contributed by atoms with van der Waals surface area (Å²) in [6.07, 6.45) is 14.5. The van der Waals surface area contributed by atoms with Crippen molar-refractivity contribution >= 4 is 17.5 Å². The summed E-state index contributed by atoms with van der Waals surface area (Å²) in [5.41, 5.74) is 1.04. The lowest BCUT2D eigenvalue weighted by molar-refractivity contribution is -0.120. The van der Waals surface area contributed by atoms with Crippen molar-refractivity contribution in [2.45, 2.75) is 122 Å². The minimum absolute atomic E-state index is 0.0179. The highest BCUT2D eigenvalue weighted by atomic mass is 16.5. The third kappa shape index (κ3) is 10.2. The molecule has 8 heteroatoms. The van der Waals surface area contributed by atoms with E-state index >= 15 is 0 Å². The lowest BCUT2D eigenvalue weighted by Gasteiger charge is -2.36. The molecule has 0 saturated heterocycles. The summed E-state index contributed by atoms with van der Waals surface area (Å²) < 4.78 is 12.9. The molecule has 2 aliphatic carbocycles. The molecule has 248 valence electrons. The number of rotatable bonds is 8. The summed E-state index contributed by atoms with van der Waals surface area (Å²) in [5, 5.41) is 13.3. The molecule has 2 fully saturated rings. The maximum atomic E-state index is 14.4. The van der Waals surface area contributed by atoms with Gasteiger partial charge in [0.05, 0.1) is 30.4 Å². The molecular formula is C36H59N3O5. The number of anilines is 1. The van der Waals surface area contributed by atoms with Crippen LogP contribution in [0.4, 0.5) is 5.69 Å². The van der Waals surface area contributed by atoms with E-state index in [1.165, 1.54) is 38.5 Å². The topological polar surface area (TPSA) is 91.3 Å². The smallest absolute Gasteiger partial charge is 0.258 e. The van der Waals surface area contributed by atoms with Crippen LogP contribution >= 0.6 is 0 Å². The molecule has 0 spiro atoms. The number of benzene rings is 1. The zero-order valence-electron chi connectivity index (χ0n) is 27.9. The Morgan fingerprint density at radius 1 is 1.00 bits per heavy atom. The Balaban J connectivity index is 1.56. The zero-order chi connectivity index (χ0) is 31.5. The monoisotopic (exact) mass is 613 g/mol. The number of aliphatic hydroxyl groups is 1. The maximum absolute atomic E-state index is 14.4. The van der Waals surface area contributed by atoms with E-state index in [9.17, 15) is 14.7 Å². The fraction of sp³-hybridized carbons (Fsp3) is 0.778. The van der Waals surface area contributed by atoms with Crippen molar-refractivity contribution in [2.75, 3.05) is 45.2 Å². The molecule has 0 unspecified atom stereocenters. The van der Waals surface area contributed by atoms with Crippen LogP contribution < -0.4 is 10.1 Å². The van der Waals surface area contributed by atoms with E-state index in [0.29, 0.717) is 30.2 Å². The van der Waals surface area contributed by atoms with Crippen molar-refractivity contribution < 1.29 is 24.2 Å². The second kappa shape index (κ2) is 17.5. The number of nitrogens with zero attached hydrogens (tertiary/aromatic N) is 2.